The van der Waals surface area contributed by atoms with Crippen molar-refractivity contribution in [3.05, 3.63) is 30.3 Å². The predicted molar refractivity (Wildman–Crippen MR) is 75.1 cm³/mol. The van der Waals surface area contributed by atoms with Crippen molar-refractivity contribution in [2.45, 2.75) is 13.3 Å². The van der Waals surface area contributed by atoms with E-state index in [4.69, 9.17) is 4.74 Å². The topological polar surface area (TPSA) is 50.4 Å². The summed E-state index contributed by atoms with van der Waals surface area (Å²) in [6, 6.07) is 9.64. The summed E-state index contributed by atoms with van der Waals surface area (Å²) in [5, 5.41) is 6.23. The van der Waals surface area contributed by atoms with Crippen LogP contribution in [0.15, 0.2) is 30.3 Å². The number of ether oxygens (including phenoxy) is 1. The fraction of sp³-hybridized carbons (Fsp3) is 0.533. The number of carbonyl (C=O) groups is 1. The van der Waals surface area contributed by atoms with E-state index in [1.807, 2.05) is 30.3 Å². The Morgan fingerprint density at radius 3 is 2.89 bits per heavy atom. The quantitative estimate of drug-likeness (QED) is 0.789. The summed E-state index contributed by atoms with van der Waals surface area (Å²) in [6.45, 7) is 5.03. The number of hydrogen-bond acceptors (Lipinski definition) is 3. The smallest absolute Gasteiger partial charge is 0.224 e. The molecule has 0 radical (unpaired) electrons. The van der Waals surface area contributed by atoms with Gasteiger partial charge in [0.05, 0.1) is 12.5 Å². The van der Waals surface area contributed by atoms with Gasteiger partial charge in [0, 0.05) is 6.54 Å². The number of para-hydroxylation sites is 1. The number of rotatable bonds is 5. The van der Waals surface area contributed by atoms with E-state index in [2.05, 4.69) is 17.6 Å². The van der Waals surface area contributed by atoms with Gasteiger partial charge in [-0.15, -0.1) is 0 Å². The van der Waals surface area contributed by atoms with Crippen molar-refractivity contribution >= 4 is 5.91 Å². The molecule has 1 saturated heterocycles. The highest BCUT2D eigenvalue weighted by Gasteiger charge is 2.24. The molecule has 104 valence electrons. The van der Waals surface area contributed by atoms with E-state index in [1.54, 1.807) is 0 Å². The predicted octanol–water partition coefficient (Wildman–Crippen LogP) is 1.43. The molecule has 1 aromatic rings. The molecular formula is C15H22N2O2. The van der Waals surface area contributed by atoms with Crippen molar-refractivity contribution in [1.82, 2.24) is 10.6 Å². The third kappa shape index (κ3) is 4.56. The molecule has 0 spiro atoms. The summed E-state index contributed by atoms with van der Waals surface area (Å²) in [5.74, 6) is 1.64. The van der Waals surface area contributed by atoms with Gasteiger partial charge >= 0.3 is 0 Å². The van der Waals surface area contributed by atoms with Gasteiger partial charge in [-0.2, -0.15) is 0 Å². The Hall–Kier alpha value is -1.55. The van der Waals surface area contributed by atoms with Crippen molar-refractivity contribution in [1.29, 1.82) is 0 Å². The molecule has 2 rings (SSSR count). The summed E-state index contributed by atoms with van der Waals surface area (Å²) in [4.78, 5) is 11.9. The average Bonchev–Trinajstić information content (AvgIpc) is 2.44. The highest BCUT2D eigenvalue weighted by atomic mass is 16.5. The van der Waals surface area contributed by atoms with Gasteiger partial charge in [-0.05, 0) is 31.0 Å². The minimum absolute atomic E-state index is 0.0977. The molecule has 19 heavy (non-hydrogen) atoms. The summed E-state index contributed by atoms with van der Waals surface area (Å²) < 4.78 is 5.53. The standard InChI is InChI=1S/C15H22N2O2/c1-12-9-13(11-16-10-12)15(18)17-7-8-19-14-5-3-2-4-6-14/h2-6,12-13,16H,7-11H2,1H3,(H,17,18). The number of carbonyl (C=O) groups excluding carboxylic acids is 1. The molecule has 0 aromatic heterocycles. The number of nitrogens with one attached hydrogen (secondary N) is 2. The fourth-order valence-electron chi connectivity index (χ4n) is 2.36. The minimum atomic E-state index is 0.0977. The highest BCUT2D eigenvalue weighted by Crippen LogP contribution is 2.15. The lowest BCUT2D eigenvalue weighted by Gasteiger charge is -2.26. The zero-order valence-electron chi connectivity index (χ0n) is 11.4. The van der Waals surface area contributed by atoms with Crippen LogP contribution in [0.1, 0.15) is 13.3 Å². The van der Waals surface area contributed by atoms with Gasteiger partial charge in [0.15, 0.2) is 0 Å². The third-order valence-corrected chi connectivity index (χ3v) is 3.35. The average molecular weight is 262 g/mol. The van der Waals surface area contributed by atoms with E-state index in [1.165, 1.54) is 0 Å². The van der Waals surface area contributed by atoms with Gasteiger partial charge in [-0.25, -0.2) is 0 Å². The SMILES string of the molecule is CC1CNCC(C(=O)NCCOc2ccccc2)C1. The first-order valence-electron chi connectivity index (χ1n) is 6.92. The molecule has 1 amide bonds. The summed E-state index contributed by atoms with van der Waals surface area (Å²) in [5.41, 5.74) is 0. The molecule has 4 heteroatoms. The maximum atomic E-state index is 11.9. The van der Waals surface area contributed by atoms with E-state index in [9.17, 15) is 4.79 Å². The Balaban J connectivity index is 1.64. The first-order valence-corrected chi connectivity index (χ1v) is 6.92. The van der Waals surface area contributed by atoms with Crippen molar-refractivity contribution in [3.8, 4) is 5.75 Å². The van der Waals surface area contributed by atoms with Gasteiger partial charge in [-0.1, -0.05) is 25.1 Å². The summed E-state index contributed by atoms with van der Waals surface area (Å²) >= 11 is 0. The lowest BCUT2D eigenvalue weighted by molar-refractivity contribution is -0.126. The number of benzene rings is 1. The number of hydrogen-bond donors (Lipinski definition) is 2. The maximum Gasteiger partial charge on any atom is 0.224 e. The number of amides is 1. The van der Waals surface area contributed by atoms with Crippen molar-refractivity contribution in [2.24, 2.45) is 11.8 Å². The Kier molecular flexibility index (Phi) is 5.21. The lowest BCUT2D eigenvalue weighted by atomic mass is 9.91. The molecule has 2 unspecified atom stereocenters. The molecule has 0 bridgehead atoms. The Morgan fingerprint density at radius 1 is 1.37 bits per heavy atom. The van der Waals surface area contributed by atoms with Crippen LogP contribution >= 0.6 is 0 Å². The van der Waals surface area contributed by atoms with Gasteiger partial charge in [0.2, 0.25) is 5.91 Å². The minimum Gasteiger partial charge on any atom is -0.492 e. The van der Waals surface area contributed by atoms with Crippen LogP contribution in [0.2, 0.25) is 0 Å². The van der Waals surface area contributed by atoms with E-state index in [-0.39, 0.29) is 11.8 Å². The molecular weight excluding hydrogens is 240 g/mol. The second-order valence-corrected chi connectivity index (χ2v) is 5.15. The maximum absolute atomic E-state index is 11.9. The van der Waals surface area contributed by atoms with Gasteiger partial charge in [0.25, 0.3) is 0 Å². The molecule has 1 aliphatic rings. The van der Waals surface area contributed by atoms with Gasteiger partial charge in [-0.3, -0.25) is 4.79 Å². The first-order chi connectivity index (χ1) is 9.25. The summed E-state index contributed by atoms with van der Waals surface area (Å²) in [6.07, 6.45) is 0.971. The van der Waals surface area contributed by atoms with E-state index >= 15 is 0 Å². The van der Waals surface area contributed by atoms with E-state index in [0.29, 0.717) is 19.1 Å². The zero-order chi connectivity index (χ0) is 13.5. The van der Waals surface area contributed by atoms with Crippen LogP contribution in [-0.4, -0.2) is 32.1 Å². The first kappa shape index (κ1) is 13.9. The zero-order valence-corrected chi connectivity index (χ0v) is 11.4. The second kappa shape index (κ2) is 7.14. The highest BCUT2D eigenvalue weighted by molar-refractivity contribution is 5.79. The van der Waals surface area contributed by atoms with E-state index in [0.717, 1.165) is 25.3 Å². The Morgan fingerprint density at radius 2 is 2.16 bits per heavy atom. The molecule has 0 saturated carbocycles. The molecule has 2 atom stereocenters. The van der Waals surface area contributed by atoms with Crippen molar-refractivity contribution in [2.75, 3.05) is 26.2 Å². The lowest BCUT2D eigenvalue weighted by Crippen LogP contribution is -2.44. The van der Waals surface area contributed by atoms with E-state index < -0.39 is 0 Å². The molecule has 1 fully saturated rings. The monoisotopic (exact) mass is 262 g/mol. The molecule has 2 N–H and O–H groups in total. The Labute approximate surface area is 114 Å². The summed E-state index contributed by atoms with van der Waals surface area (Å²) in [7, 11) is 0. The fourth-order valence-corrected chi connectivity index (χ4v) is 2.36. The molecule has 0 aliphatic carbocycles. The second-order valence-electron chi connectivity index (χ2n) is 5.15. The van der Waals surface area contributed by atoms with Crippen LogP contribution < -0.4 is 15.4 Å². The van der Waals surface area contributed by atoms with Gasteiger partial charge in [0.1, 0.15) is 12.4 Å². The van der Waals surface area contributed by atoms with Crippen LogP contribution in [0, 0.1) is 11.8 Å². The van der Waals surface area contributed by atoms with Crippen LogP contribution in [0.5, 0.6) is 5.75 Å². The normalized spacial score (nSPS) is 22.8. The number of piperidine rings is 1. The molecule has 4 nitrogen and oxygen atoms in total. The van der Waals surface area contributed by atoms with Crippen LogP contribution in [0.4, 0.5) is 0 Å². The third-order valence-electron chi connectivity index (χ3n) is 3.35. The Bertz CT molecular complexity index is 394. The van der Waals surface area contributed by atoms with Crippen molar-refractivity contribution in [3.63, 3.8) is 0 Å². The van der Waals surface area contributed by atoms with Crippen LogP contribution in [-0.2, 0) is 4.79 Å². The molecule has 1 aliphatic heterocycles. The molecule has 1 aromatic carbocycles. The van der Waals surface area contributed by atoms with Crippen LogP contribution in [0.3, 0.4) is 0 Å². The van der Waals surface area contributed by atoms with Crippen molar-refractivity contribution < 1.29 is 9.53 Å². The van der Waals surface area contributed by atoms with Crippen LogP contribution in [0.25, 0.3) is 0 Å². The molecule has 1 heterocycles. The largest absolute Gasteiger partial charge is 0.492 e. The van der Waals surface area contributed by atoms with Gasteiger partial charge < -0.3 is 15.4 Å².